The third-order valence-electron chi connectivity index (χ3n) is 4.41. The average Bonchev–Trinajstić information content (AvgIpc) is 2.93. The van der Waals surface area contributed by atoms with Crippen molar-refractivity contribution in [2.45, 2.75) is 18.6 Å². The molecule has 1 amide bonds. The summed E-state index contributed by atoms with van der Waals surface area (Å²) in [4.78, 5) is 20.2. The molecule has 0 atom stereocenters. The van der Waals surface area contributed by atoms with Crippen LogP contribution in [0.4, 0.5) is 5.69 Å². The number of anilines is 1. The molecule has 148 valence electrons. The molecular formula is C15H27IN6O3S. The number of rotatable bonds is 4. The fraction of sp³-hybridized carbons (Fsp3) is 0.667. The zero-order chi connectivity index (χ0) is 18.8. The number of aromatic nitrogens is 2. The Morgan fingerprint density at radius 3 is 2.50 bits per heavy atom. The van der Waals surface area contributed by atoms with Crippen LogP contribution in [0.5, 0.6) is 0 Å². The zero-order valence-electron chi connectivity index (χ0n) is 15.8. The first-order valence-corrected chi connectivity index (χ1v) is 9.88. The first-order chi connectivity index (χ1) is 11.5. The first-order valence-electron chi connectivity index (χ1n) is 7.99. The van der Waals surface area contributed by atoms with Gasteiger partial charge < -0.3 is 15.1 Å². The molecule has 0 aromatic carbocycles. The number of halogens is 1. The molecule has 26 heavy (non-hydrogen) atoms. The Kier molecular flexibility index (Phi) is 7.45. The summed E-state index contributed by atoms with van der Waals surface area (Å²) in [5.74, 6) is 0.473. The standard InChI is InChI=1S/C15H26N6O3S.HI/c1-15(2,25(5,23)24)11-17-14(16-3)20-6-7-21(13(22)10-20)12-8-18-19(4)9-12;/h8-9H,6-7,10-11H2,1-5H3,(H,16,17);1H. The lowest BCUT2D eigenvalue weighted by Crippen LogP contribution is -2.57. The summed E-state index contributed by atoms with van der Waals surface area (Å²) in [6.07, 6.45) is 4.68. The lowest BCUT2D eigenvalue weighted by Gasteiger charge is -2.36. The highest BCUT2D eigenvalue weighted by Crippen LogP contribution is 2.17. The number of hydrogen-bond acceptors (Lipinski definition) is 5. The van der Waals surface area contributed by atoms with Crippen molar-refractivity contribution in [2.75, 3.05) is 44.4 Å². The number of amides is 1. The number of aryl methyl sites for hydroxylation is 1. The van der Waals surface area contributed by atoms with Crippen LogP contribution in [0.15, 0.2) is 17.4 Å². The molecule has 0 unspecified atom stereocenters. The number of sulfone groups is 1. The largest absolute Gasteiger partial charge is 0.355 e. The van der Waals surface area contributed by atoms with Crippen molar-refractivity contribution in [3.63, 3.8) is 0 Å². The van der Waals surface area contributed by atoms with Crippen molar-refractivity contribution in [3.8, 4) is 0 Å². The fourth-order valence-corrected chi connectivity index (χ4v) is 2.76. The van der Waals surface area contributed by atoms with Crippen LogP contribution in [-0.2, 0) is 21.7 Å². The summed E-state index contributed by atoms with van der Waals surface area (Å²) < 4.78 is 24.4. The summed E-state index contributed by atoms with van der Waals surface area (Å²) in [5.41, 5.74) is 0.772. The monoisotopic (exact) mass is 498 g/mol. The van der Waals surface area contributed by atoms with Crippen LogP contribution in [-0.4, -0.2) is 79.2 Å². The second kappa shape index (κ2) is 8.55. The van der Waals surface area contributed by atoms with Crippen LogP contribution in [0, 0.1) is 0 Å². The Morgan fingerprint density at radius 2 is 2.04 bits per heavy atom. The molecular weight excluding hydrogens is 471 g/mol. The predicted molar refractivity (Wildman–Crippen MR) is 113 cm³/mol. The molecule has 2 heterocycles. The van der Waals surface area contributed by atoms with Crippen molar-refractivity contribution in [2.24, 2.45) is 12.0 Å². The molecule has 1 aliphatic rings. The van der Waals surface area contributed by atoms with Crippen LogP contribution in [0.25, 0.3) is 0 Å². The number of piperazine rings is 1. The highest BCUT2D eigenvalue weighted by atomic mass is 127. The Hall–Kier alpha value is -1.37. The lowest BCUT2D eigenvalue weighted by molar-refractivity contribution is -0.120. The summed E-state index contributed by atoms with van der Waals surface area (Å²) >= 11 is 0. The molecule has 0 bridgehead atoms. The van der Waals surface area contributed by atoms with Gasteiger partial charge in [0.15, 0.2) is 15.8 Å². The van der Waals surface area contributed by atoms with E-state index in [-0.39, 0.29) is 43.0 Å². The topological polar surface area (TPSA) is 99.9 Å². The van der Waals surface area contributed by atoms with Crippen LogP contribution in [0.2, 0.25) is 0 Å². The smallest absolute Gasteiger partial charge is 0.246 e. The van der Waals surface area contributed by atoms with E-state index in [1.54, 1.807) is 49.9 Å². The Bertz CT molecular complexity index is 774. The van der Waals surface area contributed by atoms with Gasteiger partial charge >= 0.3 is 0 Å². The van der Waals surface area contributed by atoms with Gasteiger partial charge in [0, 0.05) is 46.2 Å². The lowest BCUT2D eigenvalue weighted by atomic mass is 10.2. The van der Waals surface area contributed by atoms with Crippen LogP contribution < -0.4 is 10.2 Å². The van der Waals surface area contributed by atoms with Crippen molar-refractivity contribution in [1.82, 2.24) is 20.0 Å². The minimum Gasteiger partial charge on any atom is -0.355 e. The summed E-state index contributed by atoms with van der Waals surface area (Å²) in [6.45, 7) is 4.83. The van der Waals surface area contributed by atoms with E-state index in [1.807, 2.05) is 4.90 Å². The van der Waals surface area contributed by atoms with E-state index < -0.39 is 14.6 Å². The maximum Gasteiger partial charge on any atom is 0.246 e. The number of nitrogens with zero attached hydrogens (tertiary/aromatic N) is 5. The van der Waals surface area contributed by atoms with Crippen LogP contribution >= 0.6 is 24.0 Å². The number of nitrogens with one attached hydrogen (secondary N) is 1. The Morgan fingerprint density at radius 1 is 1.38 bits per heavy atom. The summed E-state index contributed by atoms with van der Waals surface area (Å²) in [6, 6.07) is 0. The minimum absolute atomic E-state index is 0. The van der Waals surface area contributed by atoms with Gasteiger partial charge in [0.2, 0.25) is 5.91 Å². The maximum atomic E-state index is 12.5. The molecule has 0 saturated carbocycles. The Balaban J connectivity index is 0.00000338. The van der Waals surface area contributed by atoms with Gasteiger partial charge in [-0.3, -0.25) is 14.5 Å². The van der Waals surface area contributed by atoms with Gasteiger partial charge in [0.05, 0.1) is 16.6 Å². The molecule has 1 N–H and O–H groups in total. The number of guanidine groups is 1. The Labute approximate surface area is 171 Å². The van der Waals surface area contributed by atoms with Gasteiger partial charge in [-0.15, -0.1) is 24.0 Å². The molecule has 11 heteroatoms. The summed E-state index contributed by atoms with van der Waals surface area (Å²) in [7, 11) is 0.213. The normalized spacial score (nSPS) is 16.5. The quantitative estimate of drug-likeness (QED) is 0.359. The zero-order valence-corrected chi connectivity index (χ0v) is 18.9. The van der Waals surface area contributed by atoms with Gasteiger partial charge in [-0.1, -0.05) is 0 Å². The van der Waals surface area contributed by atoms with E-state index in [1.165, 1.54) is 6.26 Å². The molecule has 0 aliphatic carbocycles. The van der Waals surface area contributed by atoms with Gasteiger partial charge in [-0.05, 0) is 13.8 Å². The maximum absolute atomic E-state index is 12.5. The number of carbonyl (C=O) groups excluding carboxylic acids is 1. The number of hydrogen-bond donors (Lipinski definition) is 1. The van der Waals surface area contributed by atoms with E-state index in [2.05, 4.69) is 15.4 Å². The van der Waals surface area contributed by atoms with E-state index in [0.717, 1.165) is 5.69 Å². The molecule has 2 rings (SSSR count). The number of carbonyl (C=O) groups is 1. The average molecular weight is 498 g/mol. The van der Waals surface area contributed by atoms with Crippen LogP contribution in [0.3, 0.4) is 0 Å². The molecule has 1 aromatic heterocycles. The predicted octanol–water partition coefficient (Wildman–Crippen LogP) is 0.0853. The van der Waals surface area contributed by atoms with E-state index in [0.29, 0.717) is 19.0 Å². The molecule has 1 aliphatic heterocycles. The van der Waals surface area contributed by atoms with Crippen molar-refractivity contribution >= 4 is 51.4 Å². The van der Waals surface area contributed by atoms with Crippen molar-refractivity contribution in [3.05, 3.63) is 12.4 Å². The van der Waals surface area contributed by atoms with E-state index in [9.17, 15) is 13.2 Å². The third-order valence-corrected chi connectivity index (χ3v) is 6.56. The minimum atomic E-state index is -3.21. The molecule has 1 aromatic rings. The van der Waals surface area contributed by atoms with E-state index >= 15 is 0 Å². The van der Waals surface area contributed by atoms with Gasteiger partial charge in [-0.25, -0.2) is 8.42 Å². The molecule has 9 nitrogen and oxygen atoms in total. The van der Waals surface area contributed by atoms with Crippen molar-refractivity contribution < 1.29 is 13.2 Å². The molecule has 1 fully saturated rings. The van der Waals surface area contributed by atoms with Gasteiger partial charge in [0.1, 0.15) is 6.54 Å². The third kappa shape index (κ3) is 5.09. The van der Waals surface area contributed by atoms with Gasteiger partial charge in [-0.2, -0.15) is 5.10 Å². The molecule has 0 spiro atoms. The van der Waals surface area contributed by atoms with Crippen LogP contribution in [0.1, 0.15) is 13.8 Å². The molecule has 1 saturated heterocycles. The first kappa shape index (κ1) is 22.7. The van der Waals surface area contributed by atoms with Crippen molar-refractivity contribution in [1.29, 1.82) is 0 Å². The molecule has 0 radical (unpaired) electrons. The second-order valence-corrected chi connectivity index (χ2v) is 9.42. The van der Waals surface area contributed by atoms with E-state index in [4.69, 9.17) is 0 Å². The fourth-order valence-electron chi connectivity index (χ4n) is 2.43. The second-order valence-electron chi connectivity index (χ2n) is 6.77. The van der Waals surface area contributed by atoms with Gasteiger partial charge in [0.25, 0.3) is 0 Å². The number of aliphatic imine (C=N–C) groups is 1. The highest BCUT2D eigenvalue weighted by molar-refractivity contribution is 14.0. The SMILES string of the molecule is CN=C(NCC(C)(C)S(C)(=O)=O)N1CCN(c2cnn(C)c2)C(=O)C1.I. The summed E-state index contributed by atoms with van der Waals surface area (Å²) in [5, 5.41) is 7.17. The highest BCUT2D eigenvalue weighted by Gasteiger charge is 2.32.